The van der Waals surface area contributed by atoms with Crippen molar-refractivity contribution in [3.05, 3.63) is 29.8 Å². The summed E-state index contributed by atoms with van der Waals surface area (Å²) in [6.07, 6.45) is -7.99. The topological polar surface area (TPSA) is 108 Å². The summed E-state index contributed by atoms with van der Waals surface area (Å²) < 4.78 is 97.5. The number of sulfonamides is 1. The molecule has 0 bridgehead atoms. The third-order valence-corrected chi connectivity index (χ3v) is 8.00. The van der Waals surface area contributed by atoms with Crippen LogP contribution in [0.4, 0.5) is 13.2 Å². The lowest BCUT2D eigenvalue weighted by molar-refractivity contribution is -0.193. The number of hydrogen-bond acceptors (Lipinski definition) is 7. The summed E-state index contributed by atoms with van der Waals surface area (Å²) in [6, 6.07) is 4.76. The second kappa shape index (κ2) is 9.35. The fraction of sp³-hybridized carbons (Fsp3) is 0.588. The van der Waals surface area contributed by atoms with Gasteiger partial charge in [-0.25, -0.2) is 13.2 Å². The normalized spacial score (nSPS) is 15.3. The summed E-state index contributed by atoms with van der Waals surface area (Å²) in [5.41, 5.74) is 0.640. The second-order valence-electron chi connectivity index (χ2n) is 6.92. The third kappa shape index (κ3) is 5.42. The Morgan fingerprint density at radius 2 is 1.47 bits per heavy atom. The molecule has 0 aliphatic carbocycles. The van der Waals surface area contributed by atoms with E-state index >= 15 is 0 Å². The minimum Gasteiger partial charge on any atom is -0.467 e. The first kappa shape index (κ1) is 26.6. The molecule has 30 heavy (non-hydrogen) atoms. The van der Waals surface area contributed by atoms with Gasteiger partial charge in [-0.2, -0.15) is 17.9 Å². The van der Waals surface area contributed by atoms with Gasteiger partial charge in [-0.3, -0.25) is 4.57 Å². The molecule has 0 aliphatic rings. The first-order chi connectivity index (χ1) is 13.5. The summed E-state index contributed by atoms with van der Waals surface area (Å²) >= 11 is 0. The van der Waals surface area contributed by atoms with E-state index in [0.29, 0.717) is 12.7 Å². The Bertz CT molecular complexity index is 887. The van der Waals surface area contributed by atoms with Crippen LogP contribution in [0.2, 0.25) is 0 Å². The number of rotatable bonds is 9. The van der Waals surface area contributed by atoms with Gasteiger partial charge in [0.1, 0.15) is 0 Å². The van der Waals surface area contributed by atoms with Gasteiger partial charge in [0.2, 0.25) is 10.0 Å². The fourth-order valence-corrected chi connectivity index (χ4v) is 6.50. The maximum absolute atomic E-state index is 14.4. The van der Waals surface area contributed by atoms with Crippen LogP contribution in [0.5, 0.6) is 0 Å². The summed E-state index contributed by atoms with van der Waals surface area (Å²) in [7, 11) is -10.0. The molecule has 0 spiro atoms. The van der Waals surface area contributed by atoms with Gasteiger partial charge in [0, 0.05) is 0 Å². The van der Waals surface area contributed by atoms with Crippen molar-refractivity contribution >= 4 is 23.6 Å². The first-order valence-electron chi connectivity index (χ1n) is 8.75. The molecule has 0 saturated heterocycles. The van der Waals surface area contributed by atoms with E-state index in [2.05, 4.69) is 4.74 Å². The van der Waals surface area contributed by atoms with Crippen molar-refractivity contribution < 1.29 is 44.7 Å². The molecule has 1 N–H and O–H groups in total. The van der Waals surface area contributed by atoms with Crippen LogP contribution in [-0.2, 0) is 33.2 Å². The molecule has 1 aromatic carbocycles. The zero-order valence-corrected chi connectivity index (χ0v) is 19.0. The van der Waals surface area contributed by atoms with Crippen LogP contribution in [-0.4, -0.2) is 45.2 Å². The molecule has 0 fully saturated rings. The number of hydrogen-bond donors (Lipinski definition) is 1. The first-order valence-corrected chi connectivity index (χ1v) is 11.8. The van der Waals surface area contributed by atoms with Gasteiger partial charge in [0.05, 0.1) is 24.2 Å². The largest absolute Gasteiger partial charge is 0.467 e. The average Bonchev–Trinajstić information content (AvgIpc) is 2.56. The van der Waals surface area contributed by atoms with E-state index in [1.165, 1.54) is 44.5 Å². The highest BCUT2D eigenvalue weighted by Crippen LogP contribution is 2.66. The van der Waals surface area contributed by atoms with Crippen LogP contribution in [0.1, 0.15) is 33.3 Å². The molecule has 0 radical (unpaired) electrons. The Morgan fingerprint density at radius 1 is 1.03 bits per heavy atom. The van der Waals surface area contributed by atoms with E-state index in [1.807, 2.05) is 0 Å². The molecule has 0 aromatic heterocycles. The SMILES string of the molecule is COC(=O)C(NS(=O)(=O)c1ccc(C)cc1)(C(F)(F)F)P(=O)(OC(C)C)OC(C)C. The van der Waals surface area contributed by atoms with Crippen molar-refractivity contribution in [3.63, 3.8) is 0 Å². The zero-order chi connectivity index (χ0) is 23.5. The second-order valence-corrected chi connectivity index (χ2v) is 10.7. The molecular weight excluding hydrogens is 450 g/mol. The summed E-state index contributed by atoms with van der Waals surface area (Å²) in [5.74, 6) is -2.18. The van der Waals surface area contributed by atoms with Gasteiger partial charge >= 0.3 is 25.0 Å². The van der Waals surface area contributed by atoms with Crippen LogP contribution in [0.15, 0.2) is 29.2 Å². The predicted octanol–water partition coefficient (Wildman–Crippen LogP) is 3.75. The Labute approximate surface area is 173 Å². The quantitative estimate of drug-likeness (QED) is 0.428. The Balaban J connectivity index is 3.86. The number of benzene rings is 1. The number of esters is 1. The number of alkyl halides is 3. The fourth-order valence-electron chi connectivity index (χ4n) is 2.39. The molecule has 0 saturated carbocycles. The Hall–Kier alpha value is -1.46. The van der Waals surface area contributed by atoms with Crippen molar-refractivity contribution in [1.82, 2.24) is 4.72 Å². The van der Waals surface area contributed by atoms with Crippen LogP contribution >= 0.6 is 7.60 Å². The maximum Gasteiger partial charge on any atom is 0.430 e. The van der Waals surface area contributed by atoms with E-state index in [9.17, 15) is 30.9 Å². The molecule has 1 unspecified atom stereocenters. The van der Waals surface area contributed by atoms with Crippen molar-refractivity contribution in [3.8, 4) is 0 Å². The minimum atomic E-state index is -5.75. The highest BCUT2D eigenvalue weighted by molar-refractivity contribution is 7.90. The van der Waals surface area contributed by atoms with E-state index in [-0.39, 0.29) is 0 Å². The van der Waals surface area contributed by atoms with E-state index < -0.39 is 52.1 Å². The van der Waals surface area contributed by atoms with Crippen LogP contribution < -0.4 is 4.72 Å². The maximum atomic E-state index is 14.4. The van der Waals surface area contributed by atoms with Crippen molar-refractivity contribution in [2.45, 2.75) is 63.2 Å². The number of halogens is 3. The molecule has 172 valence electrons. The summed E-state index contributed by atoms with van der Waals surface area (Å²) in [6.45, 7) is 6.65. The average molecular weight is 475 g/mol. The highest BCUT2D eigenvalue weighted by atomic mass is 32.2. The lowest BCUT2D eigenvalue weighted by Gasteiger charge is -2.39. The molecule has 0 aliphatic heterocycles. The van der Waals surface area contributed by atoms with Crippen molar-refractivity contribution in [2.75, 3.05) is 7.11 Å². The molecule has 1 rings (SSSR count). The molecular formula is C17H25F3NO7PS. The number of ether oxygens (including phenoxy) is 1. The molecule has 1 atom stereocenters. The molecule has 0 heterocycles. The highest BCUT2D eigenvalue weighted by Gasteiger charge is 2.76. The lowest BCUT2D eigenvalue weighted by atomic mass is 10.2. The van der Waals surface area contributed by atoms with Crippen LogP contribution in [0, 0.1) is 6.92 Å². The third-order valence-electron chi connectivity index (χ3n) is 3.61. The molecule has 0 amide bonds. The lowest BCUT2D eigenvalue weighted by Crippen LogP contribution is -2.64. The summed E-state index contributed by atoms with van der Waals surface area (Å²) in [5, 5.41) is -4.34. The van der Waals surface area contributed by atoms with Crippen molar-refractivity contribution in [2.24, 2.45) is 0 Å². The zero-order valence-electron chi connectivity index (χ0n) is 17.3. The number of carbonyl (C=O) groups excluding carboxylic acids is 1. The van der Waals surface area contributed by atoms with Gasteiger partial charge in [-0.1, -0.05) is 17.7 Å². The van der Waals surface area contributed by atoms with E-state index in [0.717, 1.165) is 12.1 Å². The number of carbonyl (C=O) groups is 1. The van der Waals surface area contributed by atoms with Gasteiger partial charge in [0.25, 0.3) is 0 Å². The molecule has 8 nitrogen and oxygen atoms in total. The van der Waals surface area contributed by atoms with E-state index in [1.54, 1.807) is 6.92 Å². The predicted molar refractivity (Wildman–Crippen MR) is 102 cm³/mol. The van der Waals surface area contributed by atoms with Gasteiger partial charge < -0.3 is 13.8 Å². The smallest absolute Gasteiger partial charge is 0.430 e. The van der Waals surface area contributed by atoms with E-state index in [4.69, 9.17) is 9.05 Å². The van der Waals surface area contributed by atoms with Gasteiger partial charge in [0.15, 0.2) is 0 Å². The van der Waals surface area contributed by atoms with Crippen molar-refractivity contribution in [1.29, 1.82) is 0 Å². The minimum absolute atomic E-state index is 0.591. The number of aryl methyl sites for hydroxylation is 1. The Morgan fingerprint density at radius 3 is 1.80 bits per heavy atom. The molecule has 1 aromatic rings. The van der Waals surface area contributed by atoms with Gasteiger partial charge in [-0.05, 0) is 46.8 Å². The standard InChI is InChI=1S/C17H25F3NO7PS/c1-11(2)27-29(23,28-12(3)4)16(15(22)26-6,17(18,19)20)21-30(24,25)14-9-7-13(5)8-10-14/h7-12,21H,1-6H3. The number of methoxy groups -OCH3 is 1. The van der Waals surface area contributed by atoms with Crippen LogP contribution in [0.25, 0.3) is 0 Å². The molecule has 13 heteroatoms. The monoisotopic (exact) mass is 475 g/mol. The van der Waals surface area contributed by atoms with Gasteiger partial charge in [-0.15, -0.1) is 0 Å². The Kier molecular flexibility index (Phi) is 8.29. The summed E-state index contributed by atoms with van der Waals surface area (Å²) in [4.78, 5) is 11.9. The number of nitrogens with one attached hydrogen (secondary N) is 1. The van der Waals surface area contributed by atoms with Crippen LogP contribution in [0.3, 0.4) is 0 Å².